The number of ether oxygens (including phenoxy) is 2. The summed E-state index contributed by atoms with van der Waals surface area (Å²) in [6.45, 7) is 5.32. The lowest BCUT2D eigenvalue weighted by Gasteiger charge is -2.41. The van der Waals surface area contributed by atoms with Gasteiger partial charge in [-0.15, -0.1) is 0 Å². The molecule has 1 aliphatic rings. The van der Waals surface area contributed by atoms with Gasteiger partial charge >= 0.3 is 12.4 Å². The number of hydrogen-bond acceptors (Lipinski definition) is 4. The largest absolute Gasteiger partial charge is 0.489 e. The number of halogens is 6. The fraction of sp³-hybridized carbons (Fsp3) is 0.550. The van der Waals surface area contributed by atoms with Crippen LogP contribution in [0.5, 0.6) is 11.6 Å². The van der Waals surface area contributed by atoms with E-state index in [1.54, 1.807) is 27.7 Å². The number of aromatic nitrogens is 1. The second-order valence-electron chi connectivity index (χ2n) is 7.85. The van der Waals surface area contributed by atoms with Crippen molar-refractivity contribution in [2.24, 2.45) is 5.92 Å². The van der Waals surface area contributed by atoms with E-state index in [4.69, 9.17) is 9.47 Å². The lowest BCUT2D eigenvalue weighted by Crippen LogP contribution is -2.50. The molecule has 1 aromatic carbocycles. The number of pyridine rings is 1. The lowest BCUT2D eigenvalue weighted by atomic mass is 9.98. The van der Waals surface area contributed by atoms with Gasteiger partial charge < -0.3 is 14.4 Å². The number of benzene rings is 1. The zero-order valence-corrected chi connectivity index (χ0v) is 16.9. The summed E-state index contributed by atoms with van der Waals surface area (Å²) in [5, 5.41) is -0.370. The summed E-state index contributed by atoms with van der Waals surface area (Å²) in [6.07, 6.45) is -9.71. The molecule has 0 radical (unpaired) electrons. The maximum Gasteiger partial charge on any atom is 0.417 e. The number of nitrogens with zero attached hydrogens (tertiary/aromatic N) is 2. The predicted molar refractivity (Wildman–Crippen MR) is 100 cm³/mol. The van der Waals surface area contributed by atoms with Crippen molar-refractivity contribution in [3.05, 3.63) is 23.8 Å². The van der Waals surface area contributed by atoms with E-state index in [0.717, 1.165) is 11.0 Å². The maximum absolute atomic E-state index is 13.8. The van der Waals surface area contributed by atoms with Crippen molar-refractivity contribution >= 4 is 16.6 Å². The van der Waals surface area contributed by atoms with Crippen LogP contribution in [0.3, 0.4) is 0 Å². The Hall–Kier alpha value is -2.39. The summed E-state index contributed by atoms with van der Waals surface area (Å²) in [7, 11) is 0. The highest BCUT2D eigenvalue weighted by atomic mass is 19.4. The molecule has 10 heteroatoms. The van der Waals surface area contributed by atoms with Gasteiger partial charge in [0.05, 0.1) is 34.3 Å². The van der Waals surface area contributed by atoms with Crippen LogP contribution in [0.25, 0.3) is 10.9 Å². The highest BCUT2D eigenvalue weighted by Crippen LogP contribution is 2.47. The van der Waals surface area contributed by atoms with E-state index in [9.17, 15) is 26.3 Å². The predicted octanol–water partition coefficient (Wildman–Crippen LogP) is 5.83. The number of fused-ring (bicyclic) bond motifs is 3. The Morgan fingerprint density at radius 2 is 1.80 bits per heavy atom. The van der Waals surface area contributed by atoms with E-state index >= 15 is 0 Å². The van der Waals surface area contributed by atoms with Gasteiger partial charge in [-0.25, -0.2) is 4.98 Å². The molecule has 1 atom stereocenters. The van der Waals surface area contributed by atoms with Gasteiger partial charge in [-0.1, -0.05) is 13.8 Å². The molecule has 0 spiro atoms. The molecule has 0 unspecified atom stereocenters. The molecule has 166 valence electrons. The summed E-state index contributed by atoms with van der Waals surface area (Å²) in [4.78, 5) is 5.18. The van der Waals surface area contributed by atoms with Crippen LogP contribution in [-0.2, 0) is 6.18 Å². The van der Waals surface area contributed by atoms with Crippen molar-refractivity contribution in [2.45, 2.75) is 52.2 Å². The lowest BCUT2D eigenvalue weighted by molar-refractivity contribution is -0.136. The maximum atomic E-state index is 13.8. The van der Waals surface area contributed by atoms with Gasteiger partial charge in [0, 0.05) is 6.07 Å². The summed E-state index contributed by atoms with van der Waals surface area (Å²) < 4.78 is 92.2. The third kappa shape index (κ3) is 4.52. The highest BCUT2D eigenvalue weighted by Gasteiger charge is 2.41. The molecule has 0 amide bonds. The molecule has 2 aromatic rings. The van der Waals surface area contributed by atoms with Gasteiger partial charge in [0.25, 0.3) is 0 Å². The second kappa shape index (κ2) is 7.70. The molecule has 3 rings (SSSR count). The molecule has 2 heterocycles. The molecule has 0 bridgehead atoms. The first-order valence-corrected chi connectivity index (χ1v) is 9.45. The minimum Gasteiger partial charge on any atom is -0.489 e. The molecular weight excluding hydrogens is 414 g/mol. The van der Waals surface area contributed by atoms with Crippen molar-refractivity contribution < 1.29 is 35.8 Å². The Morgan fingerprint density at radius 1 is 1.13 bits per heavy atom. The minimum absolute atomic E-state index is 0.0328. The van der Waals surface area contributed by atoms with Crippen molar-refractivity contribution in [3.63, 3.8) is 0 Å². The van der Waals surface area contributed by atoms with Crippen LogP contribution in [0.15, 0.2) is 18.2 Å². The zero-order chi connectivity index (χ0) is 22.4. The average molecular weight is 436 g/mol. The second-order valence-corrected chi connectivity index (χ2v) is 7.85. The monoisotopic (exact) mass is 436 g/mol. The van der Waals surface area contributed by atoms with Crippen LogP contribution in [0.2, 0.25) is 0 Å². The topological polar surface area (TPSA) is 34.6 Å². The van der Waals surface area contributed by atoms with Gasteiger partial charge in [-0.3, -0.25) is 0 Å². The van der Waals surface area contributed by atoms with Crippen LogP contribution in [0, 0.1) is 5.92 Å². The summed E-state index contributed by atoms with van der Waals surface area (Å²) >= 11 is 0. The first kappa shape index (κ1) is 22.3. The molecule has 1 aromatic heterocycles. The van der Waals surface area contributed by atoms with E-state index < -0.39 is 36.6 Å². The highest BCUT2D eigenvalue weighted by molar-refractivity contribution is 5.95. The molecule has 0 aliphatic carbocycles. The molecule has 0 saturated heterocycles. The molecule has 4 nitrogen and oxygen atoms in total. The van der Waals surface area contributed by atoms with Crippen LogP contribution < -0.4 is 14.4 Å². The van der Waals surface area contributed by atoms with Crippen molar-refractivity contribution in [1.29, 1.82) is 0 Å². The molecule has 0 fully saturated rings. The molecule has 1 aliphatic heterocycles. The Morgan fingerprint density at radius 3 is 2.33 bits per heavy atom. The molecule has 0 saturated carbocycles. The number of anilines is 1. The Kier molecular flexibility index (Phi) is 5.72. The first-order chi connectivity index (χ1) is 13.8. The van der Waals surface area contributed by atoms with Gasteiger partial charge in [0.15, 0.2) is 5.75 Å². The molecular formula is C20H22F6N2O2. The quantitative estimate of drug-likeness (QED) is 0.565. The van der Waals surface area contributed by atoms with Gasteiger partial charge in [-0.2, -0.15) is 26.3 Å². The summed E-state index contributed by atoms with van der Waals surface area (Å²) in [5.41, 5.74) is -1.15. The first-order valence-electron chi connectivity index (χ1n) is 9.45. The van der Waals surface area contributed by atoms with E-state index in [0.29, 0.717) is 0 Å². The van der Waals surface area contributed by atoms with Gasteiger partial charge in [0.2, 0.25) is 5.88 Å². The van der Waals surface area contributed by atoms with Crippen LogP contribution >= 0.6 is 0 Å². The van der Waals surface area contributed by atoms with Crippen LogP contribution in [-0.4, -0.2) is 36.5 Å². The van der Waals surface area contributed by atoms with Gasteiger partial charge in [-0.05, 0) is 31.9 Å². The van der Waals surface area contributed by atoms with Crippen molar-refractivity contribution in [3.8, 4) is 11.6 Å². The Labute approximate surface area is 169 Å². The third-order valence-electron chi connectivity index (χ3n) is 4.77. The SMILES string of the molecule is CC(C)Oc1cc(C(F)(F)F)c2c3c(ccc2n1)N(CC(F)(F)F)[C@H](C(C)C)CO3. The fourth-order valence-corrected chi connectivity index (χ4v) is 3.54. The Balaban J connectivity index is 2.25. The zero-order valence-electron chi connectivity index (χ0n) is 16.9. The van der Waals surface area contributed by atoms with Crippen LogP contribution in [0.1, 0.15) is 33.3 Å². The fourth-order valence-electron chi connectivity index (χ4n) is 3.54. The standard InChI is InChI=1S/C20H22F6N2O2/c1-10(2)15-8-29-18-14(28(15)9-19(21,22)23)6-5-13-17(18)12(20(24,25)26)7-16(27-13)30-11(3)4/h5-7,10-11,15H,8-9H2,1-4H3/t15-/m0/s1. The van der Waals surface area contributed by atoms with Crippen molar-refractivity contribution in [1.82, 2.24) is 4.98 Å². The third-order valence-corrected chi connectivity index (χ3v) is 4.77. The minimum atomic E-state index is -4.78. The van der Waals surface area contributed by atoms with Gasteiger partial charge in [0.1, 0.15) is 13.2 Å². The van der Waals surface area contributed by atoms with Crippen molar-refractivity contribution in [2.75, 3.05) is 18.1 Å². The Bertz CT molecular complexity index is 924. The molecule has 0 N–H and O–H groups in total. The smallest absolute Gasteiger partial charge is 0.417 e. The summed E-state index contributed by atoms with van der Waals surface area (Å²) in [5.74, 6) is -0.671. The van der Waals surface area contributed by atoms with E-state index in [2.05, 4.69) is 4.98 Å². The van der Waals surface area contributed by atoms with E-state index in [1.165, 1.54) is 12.1 Å². The average Bonchev–Trinajstić information content (AvgIpc) is 2.57. The number of rotatable bonds is 4. The molecule has 30 heavy (non-hydrogen) atoms. The normalized spacial score (nSPS) is 17.5. The summed E-state index contributed by atoms with van der Waals surface area (Å²) in [6, 6.07) is 2.72. The number of alkyl halides is 6. The number of hydrogen-bond donors (Lipinski definition) is 0. The van der Waals surface area contributed by atoms with E-state index in [-0.39, 0.29) is 40.7 Å². The van der Waals surface area contributed by atoms with Crippen LogP contribution in [0.4, 0.5) is 32.0 Å². The van der Waals surface area contributed by atoms with E-state index in [1.807, 2.05) is 0 Å².